The van der Waals surface area contributed by atoms with Crippen LogP contribution in [0.25, 0.3) is 0 Å². The minimum atomic E-state index is -4.35. The molecule has 0 spiro atoms. The molecule has 0 aromatic heterocycles. The van der Waals surface area contributed by atoms with Crippen molar-refractivity contribution in [3.63, 3.8) is 0 Å². The molecule has 1 fully saturated rings. The Bertz CT molecular complexity index is 609. The van der Waals surface area contributed by atoms with Gasteiger partial charge in [0.15, 0.2) is 0 Å². The van der Waals surface area contributed by atoms with E-state index in [1.54, 1.807) is 0 Å². The normalized spacial score (nSPS) is 22.4. The van der Waals surface area contributed by atoms with E-state index in [9.17, 15) is 18.0 Å². The monoisotopic (exact) mass is 403 g/mol. The molecule has 3 N–H and O–H groups in total. The Kier molecular flexibility index (Phi) is 8.00. The molecule has 1 aliphatic heterocycles. The summed E-state index contributed by atoms with van der Waals surface area (Å²) < 4.78 is 37.8. The molecule has 1 saturated heterocycles. The number of benzene rings is 1. The number of carbonyl (C=O) groups is 1. The standard InChI is InChI=1S/C19H28F3N3OS/c1-3-12(2)17(24-10-15-8-16(27)11-23-15)18(26)25-9-13-4-6-14(7-5-13)19(20,21)22/h4-7,12,15-17,23-24,27H,3,8-11H2,1-2H3,(H,25,26)/t12?,15?,16?,17-/m0/s1. The Morgan fingerprint density at radius 1 is 1.33 bits per heavy atom. The van der Waals surface area contributed by atoms with Crippen molar-refractivity contribution >= 4 is 18.5 Å². The van der Waals surface area contributed by atoms with Crippen molar-refractivity contribution in [2.24, 2.45) is 5.92 Å². The van der Waals surface area contributed by atoms with Gasteiger partial charge in [0.2, 0.25) is 5.91 Å². The van der Waals surface area contributed by atoms with Crippen molar-refractivity contribution < 1.29 is 18.0 Å². The molecule has 1 heterocycles. The Hall–Kier alpha value is -1.25. The number of halogens is 3. The van der Waals surface area contributed by atoms with Crippen molar-refractivity contribution in [1.29, 1.82) is 0 Å². The van der Waals surface area contributed by atoms with Crippen LogP contribution in [0.2, 0.25) is 0 Å². The summed E-state index contributed by atoms with van der Waals surface area (Å²) in [6.45, 7) is 5.79. The van der Waals surface area contributed by atoms with Crippen molar-refractivity contribution in [2.75, 3.05) is 13.1 Å². The summed E-state index contributed by atoms with van der Waals surface area (Å²) in [4.78, 5) is 12.6. The first-order valence-electron chi connectivity index (χ1n) is 9.29. The highest BCUT2D eigenvalue weighted by Crippen LogP contribution is 2.29. The van der Waals surface area contributed by atoms with Crippen LogP contribution in [-0.4, -0.2) is 36.3 Å². The maximum absolute atomic E-state index is 12.6. The fraction of sp³-hybridized carbons (Fsp3) is 0.632. The highest BCUT2D eigenvalue weighted by atomic mass is 32.1. The van der Waals surface area contributed by atoms with E-state index in [1.165, 1.54) is 12.1 Å². The van der Waals surface area contributed by atoms with Gasteiger partial charge < -0.3 is 16.0 Å². The average molecular weight is 404 g/mol. The minimum Gasteiger partial charge on any atom is -0.351 e. The number of amides is 1. The van der Waals surface area contributed by atoms with Crippen LogP contribution in [0.3, 0.4) is 0 Å². The molecule has 1 aliphatic rings. The van der Waals surface area contributed by atoms with Gasteiger partial charge >= 0.3 is 6.18 Å². The molecule has 4 nitrogen and oxygen atoms in total. The molecule has 3 unspecified atom stereocenters. The van der Waals surface area contributed by atoms with Crippen LogP contribution in [0.4, 0.5) is 13.2 Å². The van der Waals surface area contributed by atoms with Crippen LogP contribution in [0.15, 0.2) is 24.3 Å². The predicted octanol–water partition coefficient (Wildman–Crippen LogP) is 2.99. The SMILES string of the molecule is CCC(C)[C@H](NCC1CC(S)CN1)C(=O)NCc1ccc(C(F)(F)F)cc1. The lowest BCUT2D eigenvalue weighted by Crippen LogP contribution is -2.50. The zero-order valence-electron chi connectivity index (χ0n) is 15.6. The Morgan fingerprint density at radius 3 is 2.52 bits per heavy atom. The summed E-state index contributed by atoms with van der Waals surface area (Å²) >= 11 is 4.45. The first kappa shape index (κ1) is 22.0. The average Bonchev–Trinajstić information content (AvgIpc) is 3.04. The summed E-state index contributed by atoms with van der Waals surface area (Å²) in [7, 11) is 0. The van der Waals surface area contributed by atoms with E-state index in [0.29, 0.717) is 23.4 Å². The van der Waals surface area contributed by atoms with Crippen LogP contribution in [0.1, 0.15) is 37.8 Å². The largest absolute Gasteiger partial charge is 0.416 e. The maximum atomic E-state index is 12.6. The maximum Gasteiger partial charge on any atom is 0.416 e. The number of carbonyl (C=O) groups excluding carboxylic acids is 1. The third-order valence-electron chi connectivity index (χ3n) is 5.03. The van der Waals surface area contributed by atoms with E-state index in [1.807, 2.05) is 13.8 Å². The van der Waals surface area contributed by atoms with Gasteiger partial charge in [0.1, 0.15) is 0 Å². The molecule has 27 heavy (non-hydrogen) atoms. The number of hydrogen-bond acceptors (Lipinski definition) is 4. The second-order valence-electron chi connectivity index (χ2n) is 7.18. The number of alkyl halides is 3. The molecule has 0 aliphatic carbocycles. The summed E-state index contributed by atoms with van der Waals surface area (Å²) in [5.41, 5.74) is -0.0575. The molecule has 2 rings (SSSR count). The Labute approximate surface area is 164 Å². The smallest absolute Gasteiger partial charge is 0.351 e. The predicted molar refractivity (Wildman–Crippen MR) is 104 cm³/mol. The van der Waals surface area contributed by atoms with Gasteiger partial charge in [0.05, 0.1) is 11.6 Å². The van der Waals surface area contributed by atoms with E-state index in [2.05, 4.69) is 28.6 Å². The molecule has 0 saturated carbocycles. The first-order chi connectivity index (χ1) is 12.7. The second-order valence-corrected chi connectivity index (χ2v) is 7.91. The van der Waals surface area contributed by atoms with Gasteiger partial charge in [0, 0.05) is 30.9 Å². The third kappa shape index (κ3) is 6.69. The molecule has 1 amide bonds. The lowest BCUT2D eigenvalue weighted by atomic mass is 9.97. The highest BCUT2D eigenvalue weighted by molar-refractivity contribution is 7.81. The Balaban J connectivity index is 1.89. The van der Waals surface area contributed by atoms with E-state index in [-0.39, 0.29) is 24.4 Å². The van der Waals surface area contributed by atoms with Gasteiger partial charge in [-0.05, 0) is 30.0 Å². The van der Waals surface area contributed by atoms with Crippen LogP contribution in [0.5, 0.6) is 0 Å². The van der Waals surface area contributed by atoms with Crippen molar-refractivity contribution in [1.82, 2.24) is 16.0 Å². The van der Waals surface area contributed by atoms with Gasteiger partial charge in [-0.3, -0.25) is 4.79 Å². The molecular formula is C19H28F3N3OS. The van der Waals surface area contributed by atoms with Crippen molar-refractivity contribution in [3.8, 4) is 0 Å². The third-order valence-corrected chi connectivity index (χ3v) is 5.42. The molecular weight excluding hydrogens is 375 g/mol. The fourth-order valence-electron chi connectivity index (χ4n) is 3.12. The zero-order valence-corrected chi connectivity index (χ0v) is 16.5. The van der Waals surface area contributed by atoms with E-state index < -0.39 is 11.7 Å². The van der Waals surface area contributed by atoms with Crippen molar-refractivity contribution in [2.45, 2.75) is 56.7 Å². The zero-order chi connectivity index (χ0) is 20.0. The lowest BCUT2D eigenvalue weighted by molar-refractivity contribution is -0.137. The summed E-state index contributed by atoms with van der Waals surface area (Å²) in [5, 5.41) is 9.89. The summed E-state index contributed by atoms with van der Waals surface area (Å²) in [5.74, 6) is 0.00970. The molecule has 1 aromatic rings. The molecule has 8 heteroatoms. The molecule has 4 atom stereocenters. The first-order valence-corrected chi connectivity index (χ1v) is 9.81. The molecule has 0 radical (unpaired) electrons. The van der Waals surface area contributed by atoms with E-state index in [0.717, 1.165) is 31.5 Å². The van der Waals surface area contributed by atoms with Crippen molar-refractivity contribution in [3.05, 3.63) is 35.4 Å². The lowest BCUT2D eigenvalue weighted by Gasteiger charge is -2.25. The summed E-state index contributed by atoms with van der Waals surface area (Å²) in [6.07, 6.45) is -2.55. The minimum absolute atomic E-state index is 0.135. The van der Waals surface area contributed by atoms with Gasteiger partial charge in [-0.25, -0.2) is 0 Å². The fourth-order valence-corrected chi connectivity index (χ4v) is 3.48. The quantitative estimate of drug-likeness (QED) is 0.505. The molecule has 1 aromatic carbocycles. The van der Waals surface area contributed by atoms with Gasteiger partial charge in [0.25, 0.3) is 0 Å². The summed E-state index contributed by atoms with van der Waals surface area (Å²) in [6, 6.07) is 4.80. The second kappa shape index (κ2) is 9.80. The van der Waals surface area contributed by atoms with Gasteiger partial charge in [-0.2, -0.15) is 25.8 Å². The van der Waals surface area contributed by atoms with Crippen LogP contribution < -0.4 is 16.0 Å². The van der Waals surface area contributed by atoms with E-state index >= 15 is 0 Å². The number of rotatable bonds is 8. The van der Waals surface area contributed by atoms with Gasteiger partial charge in [-0.1, -0.05) is 32.4 Å². The van der Waals surface area contributed by atoms with Crippen LogP contribution in [0, 0.1) is 5.92 Å². The highest BCUT2D eigenvalue weighted by Gasteiger charge is 2.30. The molecule has 152 valence electrons. The van der Waals surface area contributed by atoms with E-state index in [4.69, 9.17) is 0 Å². The number of hydrogen-bond donors (Lipinski definition) is 4. The number of thiol groups is 1. The molecule has 0 bridgehead atoms. The Morgan fingerprint density at radius 2 is 2.00 bits per heavy atom. The topological polar surface area (TPSA) is 53.2 Å². The number of nitrogens with one attached hydrogen (secondary N) is 3. The van der Waals surface area contributed by atoms with Crippen LogP contribution in [-0.2, 0) is 17.5 Å². The van der Waals surface area contributed by atoms with Gasteiger partial charge in [-0.15, -0.1) is 0 Å². The van der Waals surface area contributed by atoms with Crippen LogP contribution >= 0.6 is 12.6 Å².